The van der Waals surface area contributed by atoms with Crippen molar-refractivity contribution in [3.05, 3.63) is 11.9 Å². The summed E-state index contributed by atoms with van der Waals surface area (Å²) in [4.78, 5) is 0. The Labute approximate surface area is 100 Å². The molecular weight excluding hydrogens is 198 g/mol. The summed E-state index contributed by atoms with van der Waals surface area (Å²) in [5, 5.41) is 2.18. The molecule has 3 heteroatoms. The van der Waals surface area contributed by atoms with Crippen molar-refractivity contribution in [3.8, 4) is 0 Å². The van der Waals surface area contributed by atoms with Gasteiger partial charge in [0.15, 0.2) is 0 Å². The van der Waals surface area contributed by atoms with Crippen molar-refractivity contribution < 1.29 is 0 Å². The maximum Gasteiger partial charge on any atom is 0.0453 e. The van der Waals surface area contributed by atoms with Gasteiger partial charge in [0.05, 0.1) is 0 Å². The summed E-state index contributed by atoms with van der Waals surface area (Å²) >= 11 is 0. The molecule has 3 nitrogen and oxygen atoms in total. The molecule has 2 N–H and O–H groups in total. The van der Waals surface area contributed by atoms with E-state index < -0.39 is 0 Å². The lowest BCUT2D eigenvalue weighted by atomic mass is 10.2. The van der Waals surface area contributed by atoms with Crippen LogP contribution in [0.5, 0.6) is 0 Å². The maximum atomic E-state index is 3.24. The molecule has 0 saturated carbocycles. The summed E-state index contributed by atoms with van der Waals surface area (Å²) in [5.41, 5.74) is 7.78. The smallest absolute Gasteiger partial charge is 0.0453 e. The molecule has 16 heavy (non-hydrogen) atoms. The van der Waals surface area contributed by atoms with Crippen molar-refractivity contribution in [2.45, 2.75) is 65.2 Å². The SMILES string of the molecule is CCCCCCN1C=C(CCCCC)NN1. The molecule has 0 spiro atoms. The number of hydrazine groups is 2. The van der Waals surface area contributed by atoms with Crippen molar-refractivity contribution in [2.24, 2.45) is 0 Å². The maximum absolute atomic E-state index is 3.24. The first-order chi connectivity index (χ1) is 7.86. The van der Waals surface area contributed by atoms with Gasteiger partial charge in [-0.1, -0.05) is 46.0 Å². The molecule has 94 valence electrons. The molecule has 0 atom stereocenters. The van der Waals surface area contributed by atoms with E-state index in [0.29, 0.717) is 0 Å². The van der Waals surface area contributed by atoms with E-state index in [4.69, 9.17) is 0 Å². The van der Waals surface area contributed by atoms with E-state index in [9.17, 15) is 0 Å². The number of unbranched alkanes of at least 4 members (excludes halogenated alkanes) is 5. The third kappa shape index (κ3) is 5.40. The third-order valence-electron chi connectivity index (χ3n) is 2.97. The second-order valence-corrected chi connectivity index (χ2v) is 4.60. The minimum absolute atomic E-state index is 1.12. The minimum atomic E-state index is 1.12. The van der Waals surface area contributed by atoms with Crippen LogP contribution in [-0.2, 0) is 0 Å². The van der Waals surface area contributed by atoms with Crippen LogP contribution in [0.25, 0.3) is 0 Å². The van der Waals surface area contributed by atoms with Crippen LogP contribution in [0.15, 0.2) is 11.9 Å². The Hall–Kier alpha value is -0.700. The summed E-state index contributed by atoms with van der Waals surface area (Å²) in [6.45, 7) is 5.61. The Morgan fingerprint density at radius 1 is 1.00 bits per heavy atom. The fourth-order valence-electron chi connectivity index (χ4n) is 1.92. The molecular formula is C13H27N3. The summed E-state index contributed by atoms with van der Waals surface area (Å²) in [5.74, 6) is 0. The molecule has 1 aliphatic rings. The van der Waals surface area contributed by atoms with E-state index in [-0.39, 0.29) is 0 Å². The zero-order chi connectivity index (χ0) is 11.6. The van der Waals surface area contributed by atoms with Gasteiger partial charge in [-0.2, -0.15) is 0 Å². The standard InChI is InChI=1S/C13H27N3/c1-3-5-7-9-11-16-12-13(14-15-16)10-8-6-4-2/h12,14-15H,3-11H2,1-2H3. The summed E-state index contributed by atoms with van der Waals surface area (Å²) < 4.78 is 0. The van der Waals surface area contributed by atoms with Gasteiger partial charge in [-0.3, -0.25) is 5.01 Å². The van der Waals surface area contributed by atoms with Crippen molar-refractivity contribution in [3.63, 3.8) is 0 Å². The molecule has 1 heterocycles. The van der Waals surface area contributed by atoms with Gasteiger partial charge in [-0.25, -0.2) is 0 Å². The fourth-order valence-corrected chi connectivity index (χ4v) is 1.92. The number of nitrogens with one attached hydrogen (secondary N) is 2. The molecule has 1 rings (SSSR count). The number of hydrogen-bond acceptors (Lipinski definition) is 3. The van der Waals surface area contributed by atoms with Gasteiger partial charge in [0.25, 0.3) is 0 Å². The van der Waals surface area contributed by atoms with Gasteiger partial charge >= 0.3 is 0 Å². The van der Waals surface area contributed by atoms with Crippen LogP contribution < -0.4 is 11.0 Å². The first-order valence-electron chi connectivity index (χ1n) is 6.85. The van der Waals surface area contributed by atoms with Crippen molar-refractivity contribution in [1.82, 2.24) is 16.0 Å². The first-order valence-corrected chi connectivity index (χ1v) is 6.85. The second kappa shape index (κ2) is 8.45. The molecule has 0 unspecified atom stereocenters. The minimum Gasteiger partial charge on any atom is -0.306 e. The number of allylic oxidation sites excluding steroid dienone is 1. The Morgan fingerprint density at radius 2 is 1.75 bits per heavy atom. The van der Waals surface area contributed by atoms with E-state index in [1.807, 2.05) is 0 Å². The molecule has 0 fully saturated rings. The normalized spacial score (nSPS) is 15.1. The van der Waals surface area contributed by atoms with Crippen LogP contribution in [-0.4, -0.2) is 11.6 Å². The lowest BCUT2D eigenvalue weighted by Crippen LogP contribution is -2.36. The van der Waals surface area contributed by atoms with Gasteiger partial charge in [-0.15, -0.1) is 5.53 Å². The quantitative estimate of drug-likeness (QED) is 0.589. The van der Waals surface area contributed by atoms with Gasteiger partial charge in [0.2, 0.25) is 0 Å². The van der Waals surface area contributed by atoms with Gasteiger partial charge in [0.1, 0.15) is 0 Å². The molecule has 0 aromatic heterocycles. The molecule has 0 bridgehead atoms. The van der Waals surface area contributed by atoms with E-state index in [2.05, 4.69) is 36.0 Å². The number of rotatable bonds is 9. The van der Waals surface area contributed by atoms with Gasteiger partial charge in [0, 0.05) is 18.4 Å². The molecule has 0 aliphatic carbocycles. The number of nitrogens with zero attached hydrogens (tertiary/aromatic N) is 1. The summed E-state index contributed by atoms with van der Waals surface area (Å²) in [7, 11) is 0. The van der Waals surface area contributed by atoms with E-state index in [1.165, 1.54) is 57.1 Å². The average Bonchev–Trinajstić information content (AvgIpc) is 2.73. The lowest BCUT2D eigenvalue weighted by molar-refractivity contribution is 0.264. The van der Waals surface area contributed by atoms with Gasteiger partial charge < -0.3 is 5.43 Å². The fraction of sp³-hybridized carbons (Fsp3) is 0.846. The highest BCUT2D eigenvalue weighted by atomic mass is 15.7. The Bertz CT molecular complexity index is 201. The Kier molecular flexibility index (Phi) is 7.06. The van der Waals surface area contributed by atoms with E-state index >= 15 is 0 Å². The highest BCUT2D eigenvalue weighted by molar-refractivity contribution is 5.01. The topological polar surface area (TPSA) is 27.3 Å². The molecule has 0 aromatic rings. The monoisotopic (exact) mass is 225 g/mol. The first kappa shape index (κ1) is 13.4. The summed E-state index contributed by atoms with van der Waals surface area (Å²) in [6.07, 6.45) is 12.6. The molecule has 0 aromatic carbocycles. The predicted octanol–water partition coefficient (Wildman–Crippen LogP) is 3.31. The largest absolute Gasteiger partial charge is 0.306 e. The van der Waals surface area contributed by atoms with E-state index in [1.54, 1.807) is 0 Å². The molecule has 0 amide bonds. The van der Waals surface area contributed by atoms with Crippen molar-refractivity contribution in [2.75, 3.05) is 6.54 Å². The van der Waals surface area contributed by atoms with Crippen LogP contribution in [0.3, 0.4) is 0 Å². The van der Waals surface area contributed by atoms with Crippen LogP contribution >= 0.6 is 0 Å². The highest BCUT2D eigenvalue weighted by Crippen LogP contribution is 2.10. The second-order valence-electron chi connectivity index (χ2n) is 4.60. The Morgan fingerprint density at radius 3 is 2.50 bits per heavy atom. The zero-order valence-corrected chi connectivity index (χ0v) is 10.9. The molecule has 0 radical (unpaired) electrons. The van der Waals surface area contributed by atoms with Crippen LogP contribution in [0, 0.1) is 0 Å². The van der Waals surface area contributed by atoms with Crippen LogP contribution in [0.1, 0.15) is 65.2 Å². The Balaban J connectivity index is 2.07. The average molecular weight is 225 g/mol. The van der Waals surface area contributed by atoms with Gasteiger partial charge in [-0.05, 0) is 19.3 Å². The summed E-state index contributed by atoms with van der Waals surface area (Å²) in [6, 6.07) is 0. The van der Waals surface area contributed by atoms with Crippen molar-refractivity contribution >= 4 is 0 Å². The molecule has 0 saturated heterocycles. The number of hydrogen-bond donors (Lipinski definition) is 2. The van der Waals surface area contributed by atoms with Crippen LogP contribution in [0.2, 0.25) is 0 Å². The van der Waals surface area contributed by atoms with Crippen molar-refractivity contribution in [1.29, 1.82) is 0 Å². The highest BCUT2D eigenvalue weighted by Gasteiger charge is 2.09. The predicted molar refractivity (Wildman–Crippen MR) is 69.3 cm³/mol. The van der Waals surface area contributed by atoms with Crippen LogP contribution in [0.4, 0.5) is 0 Å². The molecule has 1 aliphatic heterocycles. The zero-order valence-electron chi connectivity index (χ0n) is 10.9. The lowest BCUT2D eigenvalue weighted by Gasteiger charge is -2.14. The third-order valence-corrected chi connectivity index (χ3v) is 2.97. The van der Waals surface area contributed by atoms with E-state index in [0.717, 1.165) is 6.54 Å².